The Bertz CT molecular complexity index is 747. The van der Waals surface area contributed by atoms with Gasteiger partial charge in [-0.1, -0.05) is 31.2 Å². The third-order valence-corrected chi connectivity index (χ3v) is 5.76. The van der Waals surface area contributed by atoms with Gasteiger partial charge in [-0.25, -0.2) is 0 Å². The minimum absolute atomic E-state index is 0.120. The maximum absolute atomic E-state index is 13.0. The van der Waals surface area contributed by atoms with Crippen LogP contribution in [0.4, 0.5) is 13.2 Å². The number of nitrogens with one attached hydrogen (secondary N) is 1. The van der Waals surface area contributed by atoms with Gasteiger partial charge in [-0.3, -0.25) is 9.59 Å². The lowest BCUT2D eigenvalue weighted by Crippen LogP contribution is -2.47. The monoisotopic (exact) mass is 394 g/mol. The van der Waals surface area contributed by atoms with Crippen LogP contribution in [-0.4, -0.2) is 35.8 Å². The summed E-state index contributed by atoms with van der Waals surface area (Å²) in [5, 5.41) is 3.05. The van der Waals surface area contributed by atoms with Crippen molar-refractivity contribution >= 4 is 11.8 Å². The Morgan fingerprint density at radius 1 is 1.18 bits per heavy atom. The molecule has 0 spiro atoms. The number of halogens is 3. The summed E-state index contributed by atoms with van der Waals surface area (Å²) in [6.45, 7) is 4.46. The van der Waals surface area contributed by atoms with Crippen LogP contribution in [0.25, 0.3) is 0 Å². The number of carbonyl (C=O) groups excluding carboxylic acids is 2. The van der Waals surface area contributed by atoms with E-state index in [-0.39, 0.29) is 29.7 Å². The largest absolute Gasteiger partial charge is 0.416 e. The summed E-state index contributed by atoms with van der Waals surface area (Å²) in [6.07, 6.45) is 0.675. The van der Waals surface area contributed by atoms with E-state index in [1.165, 1.54) is 18.2 Å². The smallest absolute Gasteiger partial charge is 0.352 e. The number of nitrogens with zero attached hydrogens (tertiary/aromatic N) is 1. The predicted molar refractivity (Wildman–Crippen MR) is 99.5 cm³/mol. The van der Waals surface area contributed by atoms with E-state index in [4.69, 9.17) is 0 Å². The predicted octanol–water partition coefficient (Wildman–Crippen LogP) is 3.88. The lowest BCUT2D eigenvalue weighted by Gasteiger charge is -2.32. The minimum Gasteiger partial charge on any atom is -0.352 e. The normalized spacial score (nSPS) is 25.4. The number of alkyl halides is 3. The van der Waals surface area contributed by atoms with Gasteiger partial charge < -0.3 is 10.2 Å². The average molecular weight is 394 g/mol. The molecular weight excluding hydrogens is 369 g/mol. The number of likely N-dealkylation sites (tertiary alicyclic amines) is 1. The minimum atomic E-state index is -4.38. The van der Waals surface area contributed by atoms with Crippen molar-refractivity contribution < 1.29 is 22.8 Å². The van der Waals surface area contributed by atoms with Crippen molar-refractivity contribution in [3.05, 3.63) is 48.0 Å². The van der Waals surface area contributed by atoms with Crippen LogP contribution in [0.1, 0.15) is 49.1 Å². The summed E-state index contributed by atoms with van der Waals surface area (Å²) in [6, 6.07) is 5.21. The molecule has 2 fully saturated rings. The van der Waals surface area contributed by atoms with Crippen molar-refractivity contribution in [2.75, 3.05) is 13.1 Å². The molecule has 1 heterocycles. The lowest BCUT2D eigenvalue weighted by molar-refractivity contribution is -0.138. The highest BCUT2D eigenvalue weighted by atomic mass is 19.4. The molecule has 1 saturated heterocycles. The quantitative estimate of drug-likeness (QED) is 0.788. The Balaban J connectivity index is 1.67. The van der Waals surface area contributed by atoms with Crippen LogP contribution in [0.2, 0.25) is 0 Å². The molecule has 1 N–H and O–H groups in total. The van der Waals surface area contributed by atoms with E-state index < -0.39 is 11.7 Å². The molecule has 4 nitrogen and oxygen atoms in total. The van der Waals surface area contributed by atoms with E-state index in [0.29, 0.717) is 25.1 Å². The maximum Gasteiger partial charge on any atom is 0.416 e. The molecule has 1 saturated carbocycles. The topological polar surface area (TPSA) is 49.4 Å². The molecule has 3 rings (SSSR count). The van der Waals surface area contributed by atoms with Crippen LogP contribution in [0.3, 0.4) is 0 Å². The van der Waals surface area contributed by atoms with Gasteiger partial charge in [0.25, 0.3) is 0 Å². The van der Waals surface area contributed by atoms with E-state index in [2.05, 4.69) is 11.9 Å². The highest BCUT2D eigenvalue weighted by Crippen LogP contribution is 2.38. The third-order valence-electron chi connectivity index (χ3n) is 5.76. The standard InChI is InChI=1S/C21H25F3N2O2/c1-2-19(27)26-11-5-7-15(13-26)20(28)25-18-10-4-9-17(18)14-6-3-8-16(12-14)21(22,23)24/h2-3,6,8,12,15,17-18H,1,4-5,7,9-11,13H2,(H,25,28)/t15?,17-,18+/m0/s1. The molecule has 7 heteroatoms. The highest BCUT2D eigenvalue weighted by Gasteiger charge is 2.35. The van der Waals surface area contributed by atoms with Gasteiger partial charge in [-0.2, -0.15) is 13.2 Å². The SMILES string of the molecule is C=CC(=O)N1CCCC(C(=O)N[C@@H]2CCC[C@H]2c2cccc(C(F)(F)F)c2)C1. The van der Waals surface area contributed by atoms with Crippen LogP contribution in [0, 0.1) is 5.92 Å². The third kappa shape index (κ3) is 4.56. The average Bonchev–Trinajstić information content (AvgIpc) is 3.15. The lowest BCUT2D eigenvalue weighted by atomic mass is 9.91. The summed E-state index contributed by atoms with van der Waals surface area (Å²) in [7, 11) is 0. The Morgan fingerprint density at radius 3 is 2.68 bits per heavy atom. The summed E-state index contributed by atoms with van der Waals surface area (Å²) in [5.41, 5.74) is -0.0439. The van der Waals surface area contributed by atoms with Crippen LogP contribution in [-0.2, 0) is 15.8 Å². The van der Waals surface area contributed by atoms with Crippen LogP contribution >= 0.6 is 0 Å². The van der Waals surface area contributed by atoms with Crippen LogP contribution in [0.15, 0.2) is 36.9 Å². The van der Waals surface area contributed by atoms with Crippen molar-refractivity contribution in [3.63, 3.8) is 0 Å². The number of benzene rings is 1. The van der Waals surface area contributed by atoms with Crippen molar-refractivity contribution in [1.82, 2.24) is 10.2 Å². The van der Waals surface area contributed by atoms with Crippen molar-refractivity contribution in [2.45, 2.75) is 50.2 Å². The zero-order valence-electron chi connectivity index (χ0n) is 15.7. The molecule has 0 bridgehead atoms. The second kappa shape index (κ2) is 8.37. The second-order valence-corrected chi connectivity index (χ2v) is 7.60. The molecular formula is C21H25F3N2O2. The first-order valence-corrected chi connectivity index (χ1v) is 9.68. The summed E-state index contributed by atoms with van der Waals surface area (Å²) >= 11 is 0. The first kappa shape index (κ1) is 20.4. The van der Waals surface area contributed by atoms with Gasteiger partial charge in [0.15, 0.2) is 0 Å². The van der Waals surface area contributed by atoms with Crippen molar-refractivity contribution in [2.24, 2.45) is 5.92 Å². The van der Waals surface area contributed by atoms with Gasteiger partial charge in [0.2, 0.25) is 11.8 Å². The number of carbonyl (C=O) groups is 2. The zero-order chi connectivity index (χ0) is 20.3. The van der Waals surface area contributed by atoms with Crippen molar-refractivity contribution in [1.29, 1.82) is 0 Å². The van der Waals surface area contributed by atoms with Gasteiger partial charge in [-0.15, -0.1) is 0 Å². The Hall–Kier alpha value is -2.31. The second-order valence-electron chi connectivity index (χ2n) is 7.60. The first-order chi connectivity index (χ1) is 13.3. The fourth-order valence-electron chi connectivity index (χ4n) is 4.30. The van der Waals surface area contributed by atoms with Gasteiger partial charge in [0.05, 0.1) is 11.5 Å². The first-order valence-electron chi connectivity index (χ1n) is 9.68. The molecule has 0 aromatic heterocycles. The summed E-state index contributed by atoms with van der Waals surface area (Å²) in [5.74, 6) is -0.716. The number of amides is 2. The molecule has 1 aromatic carbocycles. The number of piperidine rings is 1. The van der Waals surface area contributed by atoms with Gasteiger partial charge in [0.1, 0.15) is 0 Å². The fraction of sp³-hybridized carbons (Fsp3) is 0.524. The van der Waals surface area contributed by atoms with Crippen molar-refractivity contribution in [3.8, 4) is 0 Å². The van der Waals surface area contributed by atoms with E-state index in [1.54, 1.807) is 11.0 Å². The highest BCUT2D eigenvalue weighted by molar-refractivity contribution is 5.88. The Morgan fingerprint density at radius 2 is 1.96 bits per heavy atom. The summed E-state index contributed by atoms with van der Waals surface area (Å²) in [4.78, 5) is 26.2. The zero-order valence-corrected chi connectivity index (χ0v) is 15.7. The molecule has 0 radical (unpaired) electrons. The number of rotatable bonds is 4. The maximum atomic E-state index is 13.0. The van der Waals surface area contributed by atoms with Gasteiger partial charge >= 0.3 is 6.18 Å². The van der Waals surface area contributed by atoms with Crippen LogP contribution in [0.5, 0.6) is 0 Å². The van der Waals surface area contributed by atoms with Gasteiger partial charge in [0, 0.05) is 25.0 Å². The molecule has 1 aliphatic heterocycles. The number of hydrogen-bond donors (Lipinski definition) is 1. The molecule has 2 aliphatic rings. The molecule has 2 amide bonds. The van der Waals surface area contributed by atoms with Gasteiger partial charge in [-0.05, 0) is 43.4 Å². The van der Waals surface area contributed by atoms with E-state index in [9.17, 15) is 22.8 Å². The molecule has 1 aliphatic carbocycles. The van der Waals surface area contributed by atoms with Crippen LogP contribution < -0.4 is 5.32 Å². The summed E-state index contributed by atoms with van der Waals surface area (Å²) < 4.78 is 39.1. The van der Waals surface area contributed by atoms with E-state index in [0.717, 1.165) is 31.7 Å². The molecule has 1 unspecified atom stereocenters. The number of hydrogen-bond acceptors (Lipinski definition) is 2. The Labute approximate surface area is 162 Å². The molecule has 152 valence electrons. The fourth-order valence-corrected chi connectivity index (χ4v) is 4.30. The van der Waals surface area contributed by atoms with E-state index >= 15 is 0 Å². The Kier molecular flexibility index (Phi) is 6.10. The molecule has 3 atom stereocenters. The molecule has 1 aromatic rings. The van der Waals surface area contributed by atoms with E-state index in [1.807, 2.05) is 0 Å². The molecule has 28 heavy (non-hydrogen) atoms.